The number of benzene rings is 1. The average Bonchev–Trinajstić information content (AvgIpc) is 3.11. The highest BCUT2D eigenvalue weighted by Gasteiger charge is 2.22. The van der Waals surface area contributed by atoms with E-state index in [4.69, 9.17) is 23.8 Å². The summed E-state index contributed by atoms with van der Waals surface area (Å²) in [7, 11) is 0. The number of carbonyl (C=O) groups is 1. The van der Waals surface area contributed by atoms with Crippen LogP contribution in [0.4, 0.5) is 0 Å². The Bertz CT molecular complexity index is 1100. The van der Waals surface area contributed by atoms with Gasteiger partial charge >= 0.3 is 0 Å². The van der Waals surface area contributed by atoms with Gasteiger partial charge < -0.3 is 4.98 Å². The number of halogens is 1. The average molecular weight is 378 g/mol. The van der Waals surface area contributed by atoms with Crippen LogP contribution in [0.2, 0.25) is 5.02 Å². The van der Waals surface area contributed by atoms with Crippen LogP contribution in [0.1, 0.15) is 27.2 Å². The fraction of sp³-hybridized carbons (Fsp3) is 0.188. The fourth-order valence-electron chi connectivity index (χ4n) is 2.97. The first-order valence-electron chi connectivity index (χ1n) is 7.41. The van der Waals surface area contributed by atoms with Crippen LogP contribution < -0.4 is 11.0 Å². The van der Waals surface area contributed by atoms with E-state index in [1.807, 2.05) is 0 Å². The van der Waals surface area contributed by atoms with Crippen LogP contribution in [0.3, 0.4) is 0 Å². The summed E-state index contributed by atoms with van der Waals surface area (Å²) in [5.41, 5.74) is 3.72. The standard InChI is InChI=1S/C16H12ClN3O2S2/c17-9-4-1-3-8(7-9)13(21)19-20-15(22)12-10-5-2-6-11(10)24-14(12)18-16(20)23/h1,3-4,7H,2,5-6H2,(H,18,23)(H,19,21). The molecule has 0 spiro atoms. The second-order valence-corrected chi connectivity index (χ2v) is 7.51. The molecule has 0 saturated carbocycles. The van der Waals surface area contributed by atoms with Crippen molar-refractivity contribution in [3.05, 3.63) is 60.4 Å². The summed E-state index contributed by atoms with van der Waals surface area (Å²) in [5.74, 6) is -0.440. The fourth-order valence-corrected chi connectivity index (χ4v) is 4.74. The zero-order chi connectivity index (χ0) is 16.8. The van der Waals surface area contributed by atoms with Crippen molar-refractivity contribution in [1.29, 1.82) is 0 Å². The van der Waals surface area contributed by atoms with Crippen LogP contribution in [0.25, 0.3) is 10.2 Å². The van der Waals surface area contributed by atoms with Crippen molar-refractivity contribution in [2.75, 3.05) is 5.43 Å². The van der Waals surface area contributed by atoms with E-state index in [0.717, 1.165) is 34.3 Å². The Morgan fingerprint density at radius 2 is 2.21 bits per heavy atom. The molecule has 0 radical (unpaired) electrons. The SMILES string of the molecule is O=C(Nn1c(=S)[nH]c2sc3c(c2c1=O)CCC3)c1cccc(Cl)c1. The highest BCUT2D eigenvalue weighted by molar-refractivity contribution is 7.71. The molecular weight excluding hydrogens is 366 g/mol. The molecule has 24 heavy (non-hydrogen) atoms. The Kier molecular flexibility index (Phi) is 3.79. The molecule has 0 atom stereocenters. The summed E-state index contributed by atoms with van der Waals surface area (Å²) in [6, 6.07) is 6.52. The predicted octanol–water partition coefficient (Wildman–Crippen LogP) is 3.65. The minimum atomic E-state index is -0.440. The van der Waals surface area contributed by atoms with Crippen molar-refractivity contribution in [2.24, 2.45) is 0 Å². The Balaban J connectivity index is 1.81. The molecule has 4 rings (SSSR count). The second kappa shape index (κ2) is 5.84. The van der Waals surface area contributed by atoms with Gasteiger partial charge in [-0.1, -0.05) is 17.7 Å². The maximum Gasteiger partial charge on any atom is 0.282 e. The third kappa shape index (κ3) is 2.49. The van der Waals surface area contributed by atoms with E-state index in [-0.39, 0.29) is 10.3 Å². The summed E-state index contributed by atoms with van der Waals surface area (Å²) in [6.07, 6.45) is 2.93. The van der Waals surface area contributed by atoms with Gasteiger partial charge in [-0.25, -0.2) is 0 Å². The first-order chi connectivity index (χ1) is 11.5. The van der Waals surface area contributed by atoms with Gasteiger partial charge in [-0.3, -0.25) is 15.0 Å². The molecule has 1 aliphatic rings. The van der Waals surface area contributed by atoms with Crippen LogP contribution >= 0.6 is 35.2 Å². The van der Waals surface area contributed by atoms with E-state index in [1.54, 1.807) is 29.5 Å². The van der Waals surface area contributed by atoms with Gasteiger partial charge in [-0.15, -0.1) is 11.3 Å². The van der Waals surface area contributed by atoms with Crippen LogP contribution in [0.5, 0.6) is 0 Å². The lowest BCUT2D eigenvalue weighted by atomic mass is 10.2. The number of H-pyrrole nitrogens is 1. The Hall–Kier alpha value is -1.96. The number of amides is 1. The topological polar surface area (TPSA) is 66.9 Å². The van der Waals surface area contributed by atoms with Gasteiger partial charge in [0.1, 0.15) is 4.83 Å². The highest BCUT2D eigenvalue weighted by Crippen LogP contribution is 2.34. The van der Waals surface area contributed by atoms with E-state index in [0.29, 0.717) is 16.0 Å². The number of carbonyl (C=O) groups excluding carboxylic acids is 1. The molecule has 1 aromatic carbocycles. The number of rotatable bonds is 2. The summed E-state index contributed by atoms with van der Waals surface area (Å²) in [4.78, 5) is 30.3. The van der Waals surface area contributed by atoms with E-state index < -0.39 is 5.91 Å². The number of nitrogens with one attached hydrogen (secondary N) is 2. The van der Waals surface area contributed by atoms with Gasteiger partial charge in [0.15, 0.2) is 0 Å². The molecule has 8 heteroatoms. The Morgan fingerprint density at radius 3 is 3.00 bits per heavy atom. The number of aromatic nitrogens is 2. The van der Waals surface area contributed by atoms with E-state index in [1.165, 1.54) is 10.9 Å². The van der Waals surface area contributed by atoms with Crippen LogP contribution in [-0.2, 0) is 12.8 Å². The molecule has 2 N–H and O–H groups in total. The maximum absolute atomic E-state index is 12.8. The first-order valence-corrected chi connectivity index (χ1v) is 9.01. The highest BCUT2D eigenvalue weighted by atomic mass is 35.5. The van der Waals surface area contributed by atoms with Gasteiger partial charge in [0.05, 0.1) is 5.39 Å². The van der Waals surface area contributed by atoms with E-state index >= 15 is 0 Å². The smallest absolute Gasteiger partial charge is 0.282 e. The number of nitrogens with zero attached hydrogens (tertiary/aromatic N) is 1. The van der Waals surface area contributed by atoms with Gasteiger partial charge in [0.25, 0.3) is 11.5 Å². The largest absolute Gasteiger partial charge is 0.322 e. The zero-order valence-corrected chi connectivity index (χ0v) is 14.8. The minimum Gasteiger partial charge on any atom is -0.322 e. The molecule has 0 fully saturated rings. The van der Waals surface area contributed by atoms with Crippen molar-refractivity contribution in [3.63, 3.8) is 0 Å². The molecule has 1 aliphatic carbocycles. The molecule has 0 saturated heterocycles. The Labute approximate surface area is 150 Å². The van der Waals surface area contributed by atoms with Crippen LogP contribution in [-0.4, -0.2) is 15.6 Å². The van der Waals surface area contributed by atoms with Gasteiger partial charge in [-0.05, 0) is 55.2 Å². The lowest BCUT2D eigenvalue weighted by Gasteiger charge is -2.09. The zero-order valence-electron chi connectivity index (χ0n) is 12.4. The number of fused-ring (bicyclic) bond motifs is 3. The molecule has 5 nitrogen and oxygen atoms in total. The van der Waals surface area contributed by atoms with Gasteiger partial charge in [0, 0.05) is 15.5 Å². The normalized spacial score (nSPS) is 13.2. The summed E-state index contributed by atoms with van der Waals surface area (Å²) >= 11 is 12.7. The summed E-state index contributed by atoms with van der Waals surface area (Å²) in [5, 5.41) is 1.08. The predicted molar refractivity (Wildman–Crippen MR) is 98.4 cm³/mol. The lowest BCUT2D eigenvalue weighted by molar-refractivity contribution is 0.101. The molecule has 0 bridgehead atoms. The molecule has 0 unspecified atom stereocenters. The number of hydrogen-bond donors (Lipinski definition) is 2. The van der Waals surface area contributed by atoms with Crippen molar-refractivity contribution in [1.82, 2.24) is 9.66 Å². The van der Waals surface area contributed by atoms with Crippen molar-refractivity contribution < 1.29 is 4.79 Å². The van der Waals surface area contributed by atoms with Crippen molar-refractivity contribution in [2.45, 2.75) is 19.3 Å². The van der Waals surface area contributed by atoms with E-state index in [2.05, 4.69) is 10.4 Å². The third-order valence-electron chi connectivity index (χ3n) is 4.06. The maximum atomic E-state index is 12.8. The molecular formula is C16H12ClN3O2S2. The van der Waals surface area contributed by atoms with Crippen LogP contribution in [0.15, 0.2) is 29.1 Å². The lowest BCUT2D eigenvalue weighted by Crippen LogP contribution is -2.34. The number of hydrogen-bond acceptors (Lipinski definition) is 4. The monoisotopic (exact) mass is 377 g/mol. The third-order valence-corrected chi connectivity index (χ3v) is 5.79. The molecule has 2 heterocycles. The van der Waals surface area contributed by atoms with Crippen molar-refractivity contribution >= 4 is 51.3 Å². The summed E-state index contributed by atoms with van der Waals surface area (Å²) in [6.45, 7) is 0. The molecule has 1 amide bonds. The molecule has 122 valence electrons. The first kappa shape index (κ1) is 15.6. The van der Waals surface area contributed by atoms with Crippen molar-refractivity contribution in [3.8, 4) is 0 Å². The number of aryl methyl sites for hydroxylation is 2. The molecule has 2 aromatic heterocycles. The van der Waals surface area contributed by atoms with Crippen LogP contribution in [0, 0.1) is 4.77 Å². The molecule has 0 aliphatic heterocycles. The van der Waals surface area contributed by atoms with Gasteiger partial charge in [0.2, 0.25) is 4.77 Å². The molecule has 3 aromatic rings. The quantitative estimate of drug-likeness (QED) is 0.670. The van der Waals surface area contributed by atoms with Gasteiger partial charge in [-0.2, -0.15) is 4.68 Å². The van der Waals surface area contributed by atoms with E-state index in [9.17, 15) is 9.59 Å². The minimum absolute atomic E-state index is 0.169. The summed E-state index contributed by atoms with van der Waals surface area (Å²) < 4.78 is 1.27. The number of thiophene rings is 1. The Morgan fingerprint density at radius 1 is 1.38 bits per heavy atom. The second-order valence-electron chi connectivity index (χ2n) is 5.58. The number of aromatic amines is 1.